The van der Waals surface area contributed by atoms with Crippen LogP contribution in [0, 0.1) is 34.0 Å². The van der Waals surface area contributed by atoms with Crippen molar-refractivity contribution in [3.8, 4) is 187 Å². The smallest absolute Gasteiger partial charge is 0.161 e. The van der Waals surface area contributed by atoms with E-state index in [1.165, 1.54) is 54.9 Å². The van der Waals surface area contributed by atoms with Crippen molar-refractivity contribution in [3.63, 3.8) is 0 Å². The van der Waals surface area contributed by atoms with E-state index in [2.05, 4.69) is 448 Å². The van der Waals surface area contributed by atoms with E-state index in [4.69, 9.17) is 29.9 Å². The Labute approximate surface area is 831 Å². The summed E-state index contributed by atoms with van der Waals surface area (Å²) in [5, 5.41) is 42.0. The fourth-order valence-electron chi connectivity index (χ4n) is 22.2. The molecule has 0 fully saturated rings. The van der Waals surface area contributed by atoms with E-state index in [0.29, 0.717) is 34.2 Å². The molecule has 143 heavy (non-hydrogen) atoms. The lowest BCUT2D eigenvalue weighted by Gasteiger charge is -2.21. The Bertz CT molecular complexity index is 9110. The molecule has 0 aliphatic heterocycles. The normalized spacial score (nSPS) is 12.8. The molecule has 0 N–H and O–H groups in total. The lowest BCUT2D eigenvalue weighted by atomic mass is 9.82. The summed E-state index contributed by atoms with van der Waals surface area (Å²) in [6, 6.07) is 162. The van der Waals surface area contributed by atoms with E-state index in [1.807, 2.05) is 54.6 Å². The Morgan fingerprint density at radius 2 is 0.420 bits per heavy atom. The summed E-state index contributed by atoms with van der Waals surface area (Å²) in [7, 11) is 0. The summed E-state index contributed by atoms with van der Waals surface area (Å²) in [4.78, 5) is 31.2. The molecule has 0 spiro atoms. The third kappa shape index (κ3) is 15.3. The first kappa shape index (κ1) is 87.2. The molecular formula is C134H91N9. The highest BCUT2D eigenvalue weighted by atomic mass is 14.9. The van der Waals surface area contributed by atoms with E-state index in [0.717, 1.165) is 183 Å². The van der Waals surface area contributed by atoms with Crippen LogP contribution < -0.4 is 0 Å². The van der Waals surface area contributed by atoms with Gasteiger partial charge in [0.1, 0.15) is 0 Å². The van der Waals surface area contributed by atoms with Crippen LogP contribution in [0.5, 0.6) is 0 Å². The van der Waals surface area contributed by atoms with Gasteiger partial charge in [-0.15, -0.1) is 0 Å². The van der Waals surface area contributed by atoms with Crippen LogP contribution in [-0.4, -0.2) is 29.9 Å². The molecule has 3 aromatic heterocycles. The maximum absolute atomic E-state index is 10.2. The SMILES string of the molecule is CC1(C)c2cccc(C#N)c2-c2c(-c3cccc(-c4cc(-c5ccc6ccccc6c5)nc(-c5ccc6ccccc6c5)n4)c3)cccc21.CC1(C)c2cccc(C#N)c2-c2c(-c3cccc(-c4cc(-c5cccc6ccccc56)nc(-c5cccc6ccccc56)n4)c3)cccc21.CC1(C)c2cccc(C#N)c2-c2c(-c3cccc(-c4cc(-c5ccccc5)nc(-c5cccc6ccccc56)n4)c3)cccc21. The van der Waals surface area contributed by atoms with Gasteiger partial charge in [-0.3, -0.25) is 0 Å². The summed E-state index contributed by atoms with van der Waals surface area (Å²) in [5.41, 5.74) is 36.4. The predicted molar refractivity (Wildman–Crippen MR) is 586 cm³/mol. The third-order valence-electron chi connectivity index (χ3n) is 29.4. The molecule has 0 bridgehead atoms. The third-order valence-corrected chi connectivity index (χ3v) is 29.4. The predicted octanol–water partition coefficient (Wildman–Crippen LogP) is 33.7. The molecule has 23 aromatic rings. The molecule has 0 radical (unpaired) electrons. The minimum Gasteiger partial charge on any atom is -0.228 e. The first-order valence-corrected chi connectivity index (χ1v) is 48.5. The summed E-state index contributed by atoms with van der Waals surface area (Å²) < 4.78 is 0. The number of benzene rings is 20. The van der Waals surface area contributed by atoms with Gasteiger partial charge < -0.3 is 0 Å². The van der Waals surface area contributed by atoms with Gasteiger partial charge in [-0.05, 0) is 204 Å². The molecule has 9 nitrogen and oxygen atoms in total. The number of rotatable bonds is 12. The molecule has 26 rings (SSSR count). The van der Waals surface area contributed by atoms with Gasteiger partial charge in [0.25, 0.3) is 0 Å². The Balaban J connectivity index is 0.000000116. The standard InChI is InChI=1S/2C46H31N3.C42H29N3/c1-46(2)39-24-10-18-33(28-47)43(39)44-36(21-11-25-40(44)46)31-16-7-17-32(26-31)41-27-42(37-22-8-14-29-12-3-5-19-34(29)37)49-45(48-41)38-23-9-15-30-13-4-6-20-35(30)38;1-46(2)39-18-8-16-37(28-47)43(39)44-38(17-9-19-40(44)46)33-14-7-15-34(26-33)41-27-42(35-22-20-29-10-3-5-12-31(29)24-35)49-45(48-41)36-23-21-30-11-4-6-13-32(30)25-36;1-42(2)35-22-10-18-31(26-43)39(35)40-33(20-11-23-36(40)42)29-16-8-17-30(24-29)38-25-37(28-13-4-3-5-14-28)44-41(45-38)34-21-9-15-27-12-6-7-19-32(27)34/h2*3-27H,1-2H3;3-25H,1-2H3. The highest BCUT2D eigenvalue weighted by Gasteiger charge is 2.42. The minimum absolute atomic E-state index is 0.199. The largest absolute Gasteiger partial charge is 0.228 e. The molecule has 3 aliphatic carbocycles. The van der Waals surface area contributed by atoms with Crippen molar-refractivity contribution < 1.29 is 0 Å². The highest BCUT2D eigenvalue weighted by molar-refractivity contribution is 6.04. The zero-order valence-electron chi connectivity index (χ0n) is 79.7. The average Bonchev–Trinajstić information content (AvgIpc) is 1.57. The molecule has 3 heterocycles. The maximum atomic E-state index is 10.2. The van der Waals surface area contributed by atoms with Gasteiger partial charge >= 0.3 is 0 Å². The Morgan fingerprint density at radius 3 is 0.811 bits per heavy atom. The van der Waals surface area contributed by atoms with Crippen LogP contribution in [-0.2, 0) is 16.2 Å². The molecule has 0 amide bonds. The van der Waals surface area contributed by atoms with Crippen LogP contribution in [0.25, 0.3) is 222 Å². The fraction of sp³-hybridized carbons (Fsp3) is 0.0672. The summed E-state index contributed by atoms with van der Waals surface area (Å²) in [6.45, 7) is 13.5. The molecule has 0 atom stereocenters. The van der Waals surface area contributed by atoms with E-state index in [-0.39, 0.29) is 16.2 Å². The Hall–Kier alpha value is -18.6. The van der Waals surface area contributed by atoms with Gasteiger partial charge in [-0.2, -0.15) is 15.8 Å². The number of hydrogen-bond donors (Lipinski definition) is 0. The van der Waals surface area contributed by atoms with Gasteiger partial charge in [0.05, 0.1) is 69.1 Å². The van der Waals surface area contributed by atoms with Crippen molar-refractivity contribution in [2.75, 3.05) is 0 Å². The molecule has 3 aliphatic rings. The van der Waals surface area contributed by atoms with Crippen LogP contribution in [0.3, 0.4) is 0 Å². The fourth-order valence-corrected chi connectivity index (χ4v) is 22.2. The lowest BCUT2D eigenvalue weighted by molar-refractivity contribution is 0.660. The molecule has 0 saturated carbocycles. The van der Waals surface area contributed by atoms with E-state index in [9.17, 15) is 15.8 Å². The van der Waals surface area contributed by atoms with E-state index in [1.54, 1.807) is 0 Å². The number of nitriles is 3. The second-order valence-electron chi connectivity index (χ2n) is 38.8. The van der Waals surface area contributed by atoms with Gasteiger partial charge in [0, 0.05) is 83.0 Å². The van der Waals surface area contributed by atoms with Gasteiger partial charge in [0.2, 0.25) is 0 Å². The van der Waals surface area contributed by atoms with Crippen molar-refractivity contribution in [1.29, 1.82) is 15.8 Å². The number of hydrogen-bond acceptors (Lipinski definition) is 9. The molecule has 0 saturated heterocycles. The van der Waals surface area contributed by atoms with E-state index >= 15 is 0 Å². The van der Waals surface area contributed by atoms with Crippen molar-refractivity contribution >= 4 is 53.9 Å². The summed E-state index contributed by atoms with van der Waals surface area (Å²) in [5.74, 6) is 2.08. The Kier molecular flexibility index (Phi) is 21.6. The van der Waals surface area contributed by atoms with Crippen molar-refractivity contribution in [2.45, 2.75) is 57.8 Å². The second-order valence-corrected chi connectivity index (χ2v) is 38.8. The van der Waals surface area contributed by atoms with Crippen LogP contribution in [0.4, 0.5) is 0 Å². The molecule has 672 valence electrons. The number of fused-ring (bicyclic) bond motifs is 14. The van der Waals surface area contributed by atoms with Crippen LogP contribution >= 0.6 is 0 Å². The van der Waals surface area contributed by atoms with Crippen molar-refractivity contribution in [3.05, 3.63) is 493 Å². The van der Waals surface area contributed by atoms with Crippen LogP contribution in [0.15, 0.2) is 443 Å². The monoisotopic (exact) mass is 1830 g/mol. The first-order chi connectivity index (χ1) is 70.0. The van der Waals surface area contributed by atoms with Gasteiger partial charge in [-0.25, -0.2) is 29.9 Å². The zero-order chi connectivity index (χ0) is 96.8. The molecule has 9 heteroatoms. The van der Waals surface area contributed by atoms with Crippen LogP contribution in [0.1, 0.15) is 91.6 Å². The zero-order valence-corrected chi connectivity index (χ0v) is 79.7. The molecule has 20 aromatic carbocycles. The lowest BCUT2D eigenvalue weighted by Crippen LogP contribution is -2.14. The summed E-state index contributed by atoms with van der Waals surface area (Å²) >= 11 is 0. The first-order valence-electron chi connectivity index (χ1n) is 48.5. The van der Waals surface area contributed by atoms with Gasteiger partial charge in [0.15, 0.2) is 17.5 Å². The minimum atomic E-state index is -0.210. The topological polar surface area (TPSA) is 149 Å². The highest BCUT2D eigenvalue weighted by Crippen LogP contribution is 2.58. The number of nitrogens with zero attached hydrogens (tertiary/aromatic N) is 9. The van der Waals surface area contributed by atoms with Gasteiger partial charge in [-0.1, -0.05) is 418 Å². The second kappa shape index (κ2) is 35.4. The summed E-state index contributed by atoms with van der Waals surface area (Å²) in [6.07, 6.45) is 0. The average molecular weight is 1830 g/mol. The molecule has 0 unspecified atom stereocenters. The van der Waals surface area contributed by atoms with Crippen LogP contribution in [0.2, 0.25) is 0 Å². The maximum Gasteiger partial charge on any atom is 0.161 e. The molecular weight excluding hydrogens is 1740 g/mol. The van der Waals surface area contributed by atoms with E-state index < -0.39 is 0 Å². The Morgan fingerprint density at radius 1 is 0.168 bits per heavy atom. The quantitative estimate of drug-likeness (QED) is 0.116. The number of aromatic nitrogens is 6. The van der Waals surface area contributed by atoms with Crippen molar-refractivity contribution in [2.24, 2.45) is 0 Å². The van der Waals surface area contributed by atoms with Crippen molar-refractivity contribution in [1.82, 2.24) is 29.9 Å².